The highest BCUT2D eigenvalue weighted by atomic mass is 32.1. The van der Waals surface area contributed by atoms with Gasteiger partial charge in [0.2, 0.25) is 17.7 Å². The number of hydrogen-bond acceptors (Lipinski definition) is 8. The summed E-state index contributed by atoms with van der Waals surface area (Å²) in [5.74, 6) is -3.55. The summed E-state index contributed by atoms with van der Waals surface area (Å²) in [5, 5.41) is 5.61. The predicted molar refractivity (Wildman–Crippen MR) is 178 cm³/mol. The highest BCUT2D eigenvalue weighted by Gasteiger charge is 2.28. The molecule has 1 unspecified atom stereocenters. The van der Waals surface area contributed by atoms with Gasteiger partial charge in [-0.2, -0.15) is 0 Å². The van der Waals surface area contributed by atoms with Crippen molar-refractivity contribution in [2.45, 2.75) is 31.7 Å². The minimum atomic E-state index is -1.41. The van der Waals surface area contributed by atoms with E-state index < -0.39 is 23.5 Å². The normalized spacial score (nSPS) is 13.8. The van der Waals surface area contributed by atoms with Crippen molar-refractivity contribution in [3.05, 3.63) is 90.8 Å². The molecule has 3 amide bonds. The number of carbonyl (C=O) groups excluding carboxylic acids is 3. The van der Waals surface area contributed by atoms with Crippen molar-refractivity contribution in [3.8, 4) is 22.1 Å². The van der Waals surface area contributed by atoms with Crippen LogP contribution in [0.15, 0.2) is 79.4 Å². The van der Waals surface area contributed by atoms with E-state index in [1.54, 1.807) is 59.7 Å². The maximum atomic E-state index is 15.3. The molecule has 6 rings (SSSR count). The van der Waals surface area contributed by atoms with E-state index in [1.807, 2.05) is 6.07 Å². The van der Waals surface area contributed by atoms with Crippen LogP contribution in [-0.2, 0) is 20.9 Å². The number of likely N-dealkylation sites (tertiary alicyclic amines) is 1. The number of imidazole rings is 1. The fraction of sp³-hybridized carbons (Fsp3) is 0.265. The van der Waals surface area contributed by atoms with Gasteiger partial charge in [-0.05, 0) is 74.8 Å². The molecule has 13 heteroatoms. The Hall–Kier alpha value is -5.14. The molecule has 2 aromatic carbocycles. The molecule has 1 fully saturated rings. The number of ether oxygens (including phenoxy) is 1. The molecular formula is C34H34FN7O4S. The van der Waals surface area contributed by atoms with Crippen LogP contribution in [0.1, 0.15) is 30.7 Å². The number of thiophene rings is 1. The number of nitrogens with one attached hydrogen (secondary N) is 2. The first-order chi connectivity index (χ1) is 22.8. The molecule has 1 aliphatic rings. The third-order valence-electron chi connectivity index (χ3n) is 7.86. The molecule has 1 saturated heterocycles. The smallest absolute Gasteiger partial charge is 0.241 e. The third kappa shape index (κ3) is 7.81. The molecule has 0 radical (unpaired) electrons. The highest BCUT2D eigenvalue weighted by Crippen LogP contribution is 2.39. The molecule has 0 spiro atoms. The van der Waals surface area contributed by atoms with Crippen LogP contribution >= 0.6 is 11.3 Å². The molecule has 4 N–H and O–H groups in total. The SMILES string of the molecule is NC(=O)C(C(=O)Nc1ccccc1)c1ccc(Oc2ccnc3cc(-c4cn(CC(=O)NCCCN5CCCC5)cn4)sc23)c(F)c1. The first kappa shape index (κ1) is 31.8. The summed E-state index contributed by atoms with van der Waals surface area (Å²) in [6, 6.07) is 16.0. The van der Waals surface area contributed by atoms with E-state index in [2.05, 4.69) is 25.5 Å². The lowest BCUT2D eigenvalue weighted by atomic mass is 9.97. The van der Waals surface area contributed by atoms with Crippen molar-refractivity contribution in [2.24, 2.45) is 5.73 Å². The van der Waals surface area contributed by atoms with E-state index in [1.165, 1.54) is 36.3 Å². The van der Waals surface area contributed by atoms with Crippen LogP contribution in [0.3, 0.4) is 0 Å². The van der Waals surface area contributed by atoms with E-state index in [0.717, 1.165) is 37.0 Å². The lowest BCUT2D eigenvalue weighted by Gasteiger charge is -2.15. The summed E-state index contributed by atoms with van der Waals surface area (Å²) >= 11 is 1.37. The molecular weight excluding hydrogens is 621 g/mol. The summed E-state index contributed by atoms with van der Waals surface area (Å²) < 4.78 is 23.7. The van der Waals surface area contributed by atoms with E-state index in [4.69, 9.17) is 10.5 Å². The van der Waals surface area contributed by atoms with Gasteiger partial charge in [0, 0.05) is 30.7 Å². The van der Waals surface area contributed by atoms with Crippen LogP contribution in [-0.4, -0.2) is 63.3 Å². The van der Waals surface area contributed by atoms with Gasteiger partial charge < -0.3 is 30.6 Å². The maximum absolute atomic E-state index is 15.3. The summed E-state index contributed by atoms with van der Waals surface area (Å²) in [6.45, 7) is 4.09. The van der Waals surface area contributed by atoms with Crippen molar-refractivity contribution in [1.82, 2.24) is 24.8 Å². The molecule has 0 aliphatic carbocycles. The van der Waals surface area contributed by atoms with Gasteiger partial charge in [-0.25, -0.2) is 9.37 Å². The van der Waals surface area contributed by atoms with Gasteiger partial charge in [-0.3, -0.25) is 19.4 Å². The van der Waals surface area contributed by atoms with Crippen LogP contribution in [0.4, 0.5) is 10.1 Å². The second kappa shape index (κ2) is 14.5. The van der Waals surface area contributed by atoms with Crippen molar-refractivity contribution >= 4 is 45.0 Å². The molecule has 5 aromatic rings. The predicted octanol–water partition coefficient (Wildman–Crippen LogP) is 4.90. The molecule has 4 heterocycles. The Morgan fingerprint density at radius 2 is 1.83 bits per heavy atom. The lowest BCUT2D eigenvalue weighted by molar-refractivity contribution is -0.127. The van der Waals surface area contributed by atoms with Crippen molar-refractivity contribution in [2.75, 3.05) is 31.5 Å². The van der Waals surface area contributed by atoms with Crippen LogP contribution in [0.25, 0.3) is 20.8 Å². The number of anilines is 1. The third-order valence-corrected chi connectivity index (χ3v) is 9.02. The summed E-state index contributed by atoms with van der Waals surface area (Å²) in [6.07, 6.45) is 8.41. The van der Waals surface area contributed by atoms with Crippen LogP contribution in [0.5, 0.6) is 11.5 Å². The number of hydrogen-bond donors (Lipinski definition) is 3. The number of nitrogens with zero attached hydrogens (tertiary/aromatic N) is 4. The number of primary amides is 1. The summed E-state index contributed by atoms with van der Waals surface area (Å²) in [7, 11) is 0. The van der Waals surface area contributed by atoms with Gasteiger partial charge in [0.25, 0.3) is 0 Å². The average Bonchev–Trinajstić information content (AvgIpc) is 3.83. The van der Waals surface area contributed by atoms with Gasteiger partial charge in [0.1, 0.15) is 18.2 Å². The van der Waals surface area contributed by atoms with Gasteiger partial charge in [-0.1, -0.05) is 24.3 Å². The minimum Gasteiger partial charge on any atom is -0.453 e. The lowest BCUT2D eigenvalue weighted by Crippen LogP contribution is -2.32. The van der Waals surface area contributed by atoms with Gasteiger partial charge >= 0.3 is 0 Å². The zero-order chi connectivity index (χ0) is 32.8. The number of halogens is 1. The Labute approximate surface area is 274 Å². The number of aromatic nitrogens is 3. The van der Waals surface area contributed by atoms with E-state index in [-0.39, 0.29) is 23.8 Å². The maximum Gasteiger partial charge on any atom is 0.241 e. The fourth-order valence-electron chi connectivity index (χ4n) is 5.53. The van der Waals surface area contributed by atoms with Crippen molar-refractivity contribution in [1.29, 1.82) is 0 Å². The quantitative estimate of drug-likeness (QED) is 0.121. The van der Waals surface area contributed by atoms with E-state index in [0.29, 0.717) is 33.9 Å². The summed E-state index contributed by atoms with van der Waals surface area (Å²) in [4.78, 5) is 49.7. The second-order valence-electron chi connectivity index (χ2n) is 11.3. The second-order valence-corrected chi connectivity index (χ2v) is 12.4. The topological polar surface area (TPSA) is 144 Å². The Bertz CT molecular complexity index is 1890. The molecule has 0 bridgehead atoms. The largest absolute Gasteiger partial charge is 0.453 e. The number of pyridine rings is 1. The average molecular weight is 656 g/mol. The van der Waals surface area contributed by atoms with Crippen LogP contribution in [0.2, 0.25) is 0 Å². The summed E-state index contributed by atoms with van der Waals surface area (Å²) in [5.41, 5.74) is 7.42. The fourth-order valence-corrected chi connectivity index (χ4v) is 6.56. The molecule has 0 saturated carbocycles. The van der Waals surface area contributed by atoms with Crippen molar-refractivity contribution in [3.63, 3.8) is 0 Å². The number of benzene rings is 2. The Balaban J connectivity index is 1.11. The number of para-hydroxylation sites is 1. The first-order valence-electron chi connectivity index (χ1n) is 15.4. The van der Waals surface area contributed by atoms with Crippen molar-refractivity contribution < 1.29 is 23.5 Å². The number of nitrogens with two attached hydrogens (primary N) is 1. The van der Waals surface area contributed by atoms with E-state index >= 15 is 4.39 Å². The monoisotopic (exact) mass is 655 g/mol. The highest BCUT2D eigenvalue weighted by molar-refractivity contribution is 7.22. The zero-order valence-corrected chi connectivity index (χ0v) is 26.3. The Morgan fingerprint density at radius 3 is 2.60 bits per heavy atom. The molecule has 242 valence electrons. The number of amides is 3. The van der Waals surface area contributed by atoms with Crippen LogP contribution < -0.4 is 21.1 Å². The van der Waals surface area contributed by atoms with Crippen LogP contribution in [0, 0.1) is 5.82 Å². The number of fused-ring (bicyclic) bond motifs is 1. The first-order valence-corrected chi connectivity index (χ1v) is 16.2. The Morgan fingerprint density at radius 1 is 1.02 bits per heavy atom. The molecule has 11 nitrogen and oxygen atoms in total. The number of rotatable bonds is 13. The molecule has 47 heavy (non-hydrogen) atoms. The van der Waals surface area contributed by atoms with Gasteiger partial charge in [-0.15, -0.1) is 11.3 Å². The number of carbonyl (C=O) groups is 3. The Kier molecular flexibility index (Phi) is 9.83. The van der Waals surface area contributed by atoms with E-state index in [9.17, 15) is 14.4 Å². The molecule has 3 aromatic heterocycles. The molecule has 1 atom stereocenters. The zero-order valence-electron chi connectivity index (χ0n) is 25.5. The van der Waals surface area contributed by atoms with Gasteiger partial charge in [0.15, 0.2) is 11.6 Å². The minimum absolute atomic E-state index is 0.0731. The standard InChI is InChI=1S/C34H34FN7O4S/c35-24-17-22(31(33(36)44)34(45)40-23-7-2-1-3-8-23)9-10-27(24)46-28-11-13-37-25-18-29(47-32(25)28)26-19-42(21-39-26)20-30(43)38-12-6-16-41-14-4-5-15-41/h1-3,7-11,13,17-19,21,31H,4-6,12,14-16,20H2,(H2,36,44)(H,38,43)(H,40,45). The molecule has 1 aliphatic heterocycles. The van der Waals surface area contributed by atoms with Gasteiger partial charge in [0.05, 0.1) is 27.1 Å².